The van der Waals surface area contributed by atoms with Crippen molar-refractivity contribution in [1.82, 2.24) is 14.7 Å². The maximum Gasteiger partial charge on any atom is 0.261 e. The minimum absolute atomic E-state index is 0.00114. The van der Waals surface area contributed by atoms with Gasteiger partial charge in [0.1, 0.15) is 23.0 Å². The molecular formula is C27H31N4O2+. The van der Waals surface area contributed by atoms with Gasteiger partial charge in [0.15, 0.2) is 12.4 Å². The van der Waals surface area contributed by atoms with Crippen molar-refractivity contribution in [3.05, 3.63) is 84.4 Å². The van der Waals surface area contributed by atoms with Crippen molar-refractivity contribution < 1.29 is 9.90 Å². The fourth-order valence-electron chi connectivity index (χ4n) is 5.38. The summed E-state index contributed by atoms with van der Waals surface area (Å²) in [4.78, 5) is 17.4. The molecule has 3 aromatic carbocycles. The maximum absolute atomic E-state index is 12.7. The summed E-state index contributed by atoms with van der Waals surface area (Å²) in [7, 11) is 0. The largest absolute Gasteiger partial charge is 0.506 e. The second-order valence-corrected chi connectivity index (χ2v) is 9.01. The molecule has 0 radical (unpaired) electrons. The zero-order valence-corrected chi connectivity index (χ0v) is 19.0. The van der Waals surface area contributed by atoms with E-state index in [0.29, 0.717) is 16.9 Å². The van der Waals surface area contributed by atoms with Crippen LogP contribution in [0.2, 0.25) is 0 Å². The van der Waals surface area contributed by atoms with Gasteiger partial charge in [-0.2, -0.15) is 0 Å². The molecule has 6 heteroatoms. The molecule has 2 N–H and O–H groups in total. The maximum atomic E-state index is 12.7. The van der Waals surface area contributed by atoms with E-state index in [1.807, 2.05) is 42.5 Å². The third-order valence-corrected chi connectivity index (χ3v) is 7.15. The first-order valence-electron chi connectivity index (χ1n) is 11.7. The average Bonchev–Trinajstić information content (AvgIpc) is 2.86. The Hall–Kier alpha value is -3.35. The van der Waals surface area contributed by atoms with E-state index in [9.17, 15) is 9.90 Å². The lowest BCUT2D eigenvalue weighted by Crippen LogP contribution is -2.63. The first-order valence-corrected chi connectivity index (χ1v) is 11.7. The molecule has 2 atom stereocenters. The van der Waals surface area contributed by atoms with Gasteiger partial charge >= 0.3 is 0 Å². The van der Waals surface area contributed by atoms with Gasteiger partial charge in [0.25, 0.3) is 5.91 Å². The number of para-hydroxylation sites is 4. The van der Waals surface area contributed by atoms with Crippen LogP contribution in [-0.2, 0) is 0 Å². The zero-order valence-electron chi connectivity index (χ0n) is 19.0. The molecule has 0 bridgehead atoms. The molecule has 1 amide bonds. The number of hydrogen-bond donors (Lipinski definition) is 2. The van der Waals surface area contributed by atoms with Crippen LogP contribution in [0.15, 0.2) is 78.9 Å². The summed E-state index contributed by atoms with van der Waals surface area (Å²) in [5, 5.41) is 13.4. The first kappa shape index (κ1) is 21.5. The quantitative estimate of drug-likeness (QED) is 0.587. The monoisotopic (exact) mass is 443 g/mol. The van der Waals surface area contributed by atoms with Crippen LogP contribution in [0.1, 0.15) is 17.3 Å². The summed E-state index contributed by atoms with van der Waals surface area (Å²) in [5.41, 5.74) is 3.91. The third-order valence-electron chi connectivity index (χ3n) is 7.15. The van der Waals surface area contributed by atoms with E-state index in [2.05, 4.69) is 52.4 Å². The number of nitrogens with one attached hydrogen (secondary N) is 1. The van der Waals surface area contributed by atoms with Gasteiger partial charge in [-0.25, -0.2) is 4.48 Å². The number of aromatic hydroxyl groups is 1. The Balaban J connectivity index is 1.40. The predicted molar refractivity (Wildman–Crippen MR) is 133 cm³/mol. The number of anilines is 1. The first-order chi connectivity index (χ1) is 16.1. The molecule has 2 heterocycles. The van der Waals surface area contributed by atoms with Crippen molar-refractivity contribution in [3.63, 3.8) is 0 Å². The van der Waals surface area contributed by atoms with Gasteiger partial charge in [0.05, 0.1) is 12.2 Å². The highest BCUT2D eigenvalue weighted by atomic mass is 16.3. The van der Waals surface area contributed by atoms with Crippen LogP contribution >= 0.6 is 0 Å². The fraction of sp³-hybridized carbons (Fsp3) is 0.296. The Morgan fingerprint density at radius 1 is 0.909 bits per heavy atom. The van der Waals surface area contributed by atoms with Crippen molar-refractivity contribution >= 4 is 23.0 Å². The molecule has 1 fully saturated rings. The average molecular weight is 444 g/mol. The van der Waals surface area contributed by atoms with Gasteiger partial charge < -0.3 is 15.3 Å². The van der Waals surface area contributed by atoms with Crippen LogP contribution in [0.3, 0.4) is 0 Å². The number of phenols is 1. The summed E-state index contributed by atoms with van der Waals surface area (Å²) in [5.74, 6) is 0.340. The van der Waals surface area contributed by atoms with Gasteiger partial charge in [-0.3, -0.25) is 9.69 Å². The fourth-order valence-corrected chi connectivity index (χ4v) is 5.38. The lowest BCUT2D eigenvalue weighted by atomic mass is 10.0. The molecular weight excluding hydrogens is 412 g/mol. The number of benzene rings is 3. The van der Waals surface area contributed by atoms with Crippen molar-refractivity contribution in [1.29, 1.82) is 0 Å². The number of phenolic OH excluding ortho intramolecular Hbond substituents is 1. The summed E-state index contributed by atoms with van der Waals surface area (Å²) in [6.45, 7) is 7.36. The van der Waals surface area contributed by atoms with E-state index in [1.165, 1.54) is 5.69 Å². The Labute approximate surface area is 195 Å². The number of nitrogens with zero attached hydrogens (tertiary/aromatic N) is 3. The Bertz CT molecular complexity index is 1130. The summed E-state index contributed by atoms with van der Waals surface area (Å²) >= 11 is 0. The van der Waals surface area contributed by atoms with Crippen molar-refractivity contribution in [2.24, 2.45) is 0 Å². The number of carbonyl (C=O) groups is 1. The predicted octanol–water partition coefficient (Wildman–Crippen LogP) is 3.94. The number of rotatable bonds is 5. The lowest BCUT2D eigenvalue weighted by Gasteiger charge is -2.47. The van der Waals surface area contributed by atoms with E-state index in [0.717, 1.165) is 49.7 Å². The van der Waals surface area contributed by atoms with Gasteiger partial charge in [0.2, 0.25) is 0 Å². The highest BCUT2D eigenvalue weighted by Crippen LogP contribution is 2.41. The number of quaternary nitrogens is 1. The molecule has 0 aromatic heterocycles. The van der Waals surface area contributed by atoms with Crippen molar-refractivity contribution in [2.75, 3.05) is 44.3 Å². The second-order valence-electron chi connectivity index (χ2n) is 9.01. The highest BCUT2D eigenvalue weighted by molar-refractivity contribution is 6.01. The van der Waals surface area contributed by atoms with Gasteiger partial charge in [-0.15, -0.1) is 0 Å². The number of fused-ring (bicyclic) bond motifs is 1. The van der Waals surface area contributed by atoms with Gasteiger partial charge in [-0.1, -0.05) is 42.5 Å². The summed E-state index contributed by atoms with van der Waals surface area (Å²) < 4.78 is 0.600. The van der Waals surface area contributed by atoms with Crippen LogP contribution in [-0.4, -0.2) is 61.3 Å². The number of hydrogen-bond acceptors (Lipinski definition) is 4. The highest BCUT2D eigenvalue weighted by Gasteiger charge is 2.45. The lowest BCUT2D eigenvalue weighted by molar-refractivity contribution is 0.0893. The molecule has 0 spiro atoms. The molecule has 2 aliphatic rings. The molecule has 170 valence electrons. The minimum Gasteiger partial charge on any atom is -0.506 e. The third kappa shape index (κ3) is 3.86. The standard InChI is InChI=1S/C27H30N4O2/c1-21(19-29-15-17-30(18-16-29)24-12-6-8-14-26(24)32)31(22-9-3-2-4-10-22)20-28-27(33)23-11-5-7-13-25(23)31/h2-14,21H,15-20H2,1H3,(H-,28,32,33)/p+1. The van der Waals surface area contributed by atoms with E-state index in [1.54, 1.807) is 6.07 Å². The van der Waals surface area contributed by atoms with Crippen molar-refractivity contribution in [3.8, 4) is 5.75 Å². The van der Waals surface area contributed by atoms with Crippen LogP contribution < -0.4 is 14.7 Å². The molecule has 1 saturated heterocycles. The van der Waals surface area contributed by atoms with Gasteiger partial charge in [-0.05, 0) is 37.3 Å². The van der Waals surface area contributed by atoms with E-state index >= 15 is 0 Å². The molecule has 2 unspecified atom stereocenters. The summed E-state index contributed by atoms with van der Waals surface area (Å²) in [6.07, 6.45) is 0. The Kier molecular flexibility index (Phi) is 5.79. The molecule has 33 heavy (non-hydrogen) atoms. The number of carbonyl (C=O) groups excluding carboxylic acids is 1. The van der Waals surface area contributed by atoms with E-state index in [-0.39, 0.29) is 11.9 Å². The van der Waals surface area contributed by atoms with Crippen molar-refractivity contribution in [2.45, 2.75) is 13.0 Å². The van der Waals surface area contributed by atoms with E-state index in [4.69, 9.17) is 0 Å². The van der Waals surface area contributed by atoms with Gasteiger partial charge in [0, 0.05) is 32.2 Å². The molecule has 2 aliphatic heterocycles. The van der Waals surface area contributed by atoms with Crippen LogP contribution in [0.4, 0.5) is 17.1 Å². The molecule has 0 aliphatic carbocycles. The molecule has 3 aromatic rings. The number of amides is 1. The summed E-state index contributed by atoms with van der Waals surface area (Å²) in [6, 6.07) is 26.3. The Morgan fingerprint density at radius 2 is 1.58 bits per heavy atom. The Morgan fingerprint density at radius 3 is 2.33 bits per heavy atom. The molecule has 0 saturated carbocycles. The number of piperazine rings is 1. The van der Waals surface area contributed by atoms with E-state index < -0.39 is 0 Å². The zero-order chi connectivity index (χ0) is 22.8. The van der Waals surface area contributed by atoms with Crippen LogP contribution in [0.25, 0.3) is 0 Å². The minimum atomic E-state index is -0.00114. The van der Waals surface area contributed by atoms with Crippen LogP contribution in [0.5, 0.6) is 5.75 Å². The smallest absolute Gasteiger partial charge is 0.261 e. The molecule has 5 rings (SSSR count). The normalized spacial score (nSPS) is 21.8. The van der Waals surface area contributed by atoms with Crippen LogP contribution in [0, 0.1) is 0 Å². The molecule has 6 nitrogen and oxygen atoms in total. The topological polar surface area (TPSA) is 55.8 Å². The second kappa shape index (κ2) is 8.89. The SMILES string of the molecule is CC(CN1CCN(c2ccccc2O)CC1)[N+]1(c2ccccc2)CNC(=O)c2ccccc21.